The van der Waals surface area contributed by atoms with Crippen LogP contribution in [0, 0.1) is 0 Å². The summed E-state index contributed by atoms with van der Waals surface area (Å²) in [5.41, 5.74) is 2.32. The van der Waals surface area contributed by atoms with Crippen LogP contribution in [0.2, 0.25) is 0 Å². The van der Waals surface area contributed by atoms with Crippen LogP contribution in [0.4, 0.5) is 0 Å². The number of aliphatic hydroxyl groups is 1. The van der Waals surface area contributed by atoms with Gasteiger partial charge < -0.3 is 33.5 Å². The number of ether oxygens (including phenoxy) is 6. The molecule has 212 valence electrons. The summed E-state index contributed by atoms with van der Waals surface area (Å²) in [5.74, 6) is -1.09. The molecule has 0 spiro atoms. The van der Waals surface area contributed by atoms with Crippen molar-refractivity contribution in [2.24, 2.45) is 0 Å². The lowest BCUT2D eigenvalue weighted by Crippen LogP contribution is -2.28. The van der Waals surface area contributed by atoms with Gasteiger partial charge in [-0.15, -0.1) is 0 Å². The summed E-state index contributed by atoms with van der Waals surface area (Å²) in [7, 11) is 0. The van der Waals surface area contributed by atoms with Gasteiger partial charge in [-0.1, -0.05) is 83.3 Å². The van der Waals surface area contributed by atoms with E-state index in [1.54, 1.807) is 0 Å². The average Bonchev–Trinajstić information content (AvgIpc) is 3.34. The number of rotatable bonds is 12. The lowest BCUT2D eigenvalue weighted by Gasteiger charge is -2.17. The molecule has 1 N–H and O–H groups in total. The number of alkyl halides is 1. The Morgan fingerprint density at radius 3 is 1.45 bits per heavy atom. The standard InChI is InChI=1S/C15H21IO3.C15H22O4/c2*1-15(2)18-13(8-9-16)14(19-15)11-17-10-12-6-4-3-5-7-12/h3-7,13-14H,8-11H2,1-2H3;3-7,13-14,16H,8-11H2,1-2H3/t2*13-,14?/m00/s1. The van der Waals surface area contributed by atoms with E-state index in [9.17, 15) is 0 Å². The molecule has 4 atom stereocenters. The van der Waals surface area contributed by atoms with E-state index in [-0.39, 0.29) is 31.0 Å². The molecule has 0 bridgehead atoms. The average molecular weight is 643 g/mol. The second kappa shape index (κ2) is 15.6. The molecule has 8 heteroatoms. The van der Waals surface area contributed by atoms with E-state index < -0.39 is 11.6 Å². The highest BCUT2D eigenvalue weighted by Crippen LogP contribution is 2.31. The SMILES string of the molecule is CC1(C)OC(COCc2ccccc2)[C@H](CCI)O1.CC1(C)OC(COCc2ccccc2)[C@H](CCO)O1. The van der Waals surface area contributed by atoms with Crippen molar-refractivity contribution in [3.8, 4) is 0 Å². The molecule has 7 nitrogen and oxygen atoms in total. The second-order valence-electron chi connectivity index (χ2n) is 10.4. The van der Waals surface area contributed by atoms with E-state index in [1.165, 1.54) is 5.56 Å². The Bertz CT molecular complexity index is 834. The van der Waals surface area contributed by atoms with Crippen molar-refractivity contribution in [1.82, 2.24) is 0 Å². The highest BCUT2D eigenvalue weighted by atomic mass is 127. The Balaban J connectivity index is 0.000000211. The van der Waals surface area contributed by atoms with Crippen LogP contribution in [0.25, 0.3) is 0 Å². The van der Waals surface area contributed by atoms with Crippen molar-refractivity contribution < 1.29 is 33.5 Å². The van der Waals surface area contributed by atoms with Gasteiger partial charge in [-0.3, -0.25) is 0 Å². The molecule has 2 saturated heterocycles. The monoisotopic (exact) mass is 642 g/mol. The van der Waals surface area contributed by atoms with E-state index in [4.69, 9.17) is 33.5 Å². The third-order valence-electron chi connectivity index (χ3n) is 6.16. The first kappa shape index (κ1) is 31.4. The molecule has 0 amide bonds. The van der Waals surface area contributed by atoms with Crippen LogP contribution in [0.3, 0.4) is 0 Å². The van der Waals surface area contributed by atoms with Crippen LogP contribution in [-0.4, -0.2) is 65.3 Å². The maximum absolute atomic E-state index is 9.04. The minimum Gasteiger partial charge on any atom is -0.396 e. The summed E-state index contributed by atoms with van der Waals surface area (Å²) >= 11 is 2.37. The Morgan fingerprint density at radius 1 is 0.658 bits per heavy atom. The lowest BCUT2D eigenvalue weighted by molar-refractivity contribution is -0.152. The summed E-state index contributed by atoms with van der Waals surface area (Å²) < 4.78 is 35.9. The fourth-order valence-corrected chi connectivity index (χ4v) is 5.17. The van der Waals surface area contributed by atoms with Gasteiger partial charge >= 0.3 is 0 Å². The predicted octanol–water partition coefficient (Wildman–Crippen LogP) is 5.65. The molecule has 2 unspecified atom stereocenters. The van der Waals surface area contributed by atoms with Gasteiger partial charge in [0.15, 0.2) is 11.6 Å². The van der Waals surface area contributed by atoms with Gasteiger partial charge in [0, 0.05) is 11.0 Å². The quantitative estimate of drug-likeness (QED) is 0.237. The highest BCUT2D eigenvalue weighted by Gasteiger charge is 2.41. The molecular formula is C30H43IO7. The summed E-state index contributed by atoms with van der Waals surface area (Å²) in [6.07, 6.45) is 1.53. The van der Waals surface area contributed by atoms with Crippen molar-refractivity contribution in [1.29, 1.82) is 0 Å². The topological polar surface area (TPSA) is 75.6 Å². The van der Waals surface area contributed by atoms with Crippen molar-refractivity contribution in [3.05, 3.63) is 71.8 Å². The Labute approximate surface area is 241 Å². The molecule has 2 aromatic carbocycles. The zero-order chi connectivity index (χ0) is 27.4. The number of benzene rings is 2. The van der Waals surface area contributed by atoms with Crippen molar-refractivity contribution in [2.75, 3.05) is 24.2 Å². The number of hydrogen-bond donors (Lipinski definition) is 1. The van der Waals surface area contributed by atoms with Crippen LogP contribution >= 0.6 is 22.6 Å². The summed E-state index contributed by atoms with van der Waals surface area (Å²) in [4.78, 5) is 0. The van der Waals surface area contributed by atoms with Gasteiger partial charge in [0.2, 0.25) is 0 Å². The minimum absolute atomic E-state index is 0.0356. The van der Waals surface area contributed by atoms with Crippen LogP contribution in [0.1, 0.15) is 51.7 Å². The van der Waals surface area contributed by atoms with Gasteiger partial charge in [0.1, 0.15) is 12.2 Å². The van der Waals surface area contributed by atoms with Gasteiger partial charge in [-0.25, -0.2) is 0 Å². The third kappa shape index (κ3) is 10.8. The first-order valence-electron chi connectivity index (χ1n) is 13.3. The molecule has 2 heterocycles. The maximum atomic E-state index is 9.04. The largest absolute Gasteiger partial charge is 0.396 e. The predicted molar refractivity (Wildman–Crippen MR) is 155 cm³/mol. The molecule has 0 aliphatic carbocycles. The zero-order valence-corrected chi connectivity index (χ0v) is 25.2. The molecule has 0 radical (unpaired) electrons. The normalized spacial score (nSPS) is 25.6. The summed E-state index contributed by atoms with van der Waals surface area (Å²) in [5, 5.41) is 9.04. The lowest BCUT2D eigenvalue weighted by atomic mass is 10.1. The second-order valence-corrected chi connectivity index (χ2v) is 11.5. The van der Waals surface area contributed by atoms with Crippen LogP contribution in [-0.2, 0) is 41.6 Å². The molecule has 0 aromatic heterocycles. The van der Waals surface area contributed by atoms with E-state index in [2.05, 4.69) is 34.7 Å². The number of aliphatic hydroxyl groups excluding tert-OH is 1. The van der Waals surface area contributed by atoms with Gasteiger partial charge in [0.05, 0.1) is 38.6 Å². The number of halogens is 1. The smallest absolute Gasteiger partial charge is 0.163 e. The third-order valence-corrected chi connectivity index (χ3v) is 6.79. The van der Waals surface area contributed by atoms with Crippen LogP contribution in [0.15, 0.2) is 60.7 Å². The Kier molecular flexibility index (Phi) is 12.9. The molecular weight excluding hydrogens is 599 g/mol. The summed E-state index contributed by atoms with van der Waals surface area (Å²) in [6.45, 7) is 10.0. The summed E-state index contributed by atoms with van der Waals surface area (Å²) in [6, 6.07) is 20.2. The Hall–Kier alpha value is -1.11. The van der Waals surface area contributed by atoms with Crippen molar-refractivity contribution in [2.45, 2.75) is 89.7 Å². The first-order chi connectivity index (χ1) is 18.2. The van der Waals surface area contributed by atoms with Crippen molar-refractivity contribution in [3.63, 3.8) is 0 Å². The van der Waals surface area contributed by atoms with Gasteiger partial charge in [-0.2, -0.15) is 0 Å². The molecule has 2 aliphatic rings. The molecule has 0 saturated carbocycles. The zero-order valence-electron chi connectivity index (χ0n) is 23.0. The number of hydrogen-bond acceptors (Lipinski definition) is 7. The van der Waals surface area contributed by atoms with E-state index >= 15 is 0 Å². The first-order valence-corrected chi connectivity index (χ1v) is 14.9. The maximum Gasteiger partial charge on any atom is 0.163 e. The molecule has 2 aliphatic heterocycles. The fourth-order valence-electron chi connectivity index (χ4n) is 4.56. The highest BCUT2D eigenvalue weighted by molar-refractivity contribution is 14.1. The van der Waals surface area contributed by atoms with E-state index in [1.807, 2.05) is 76.2 Å². The molecule has 38 heavy (non-hydrogen) atoms. The Morgan fingerprint density at radius 2 is 1.05 bits per heavy atom. The molecule has 4 rings (SSSR count). The van der Waals surface area contributed by atoms with Crippen molar-refractivity contribution >= 4 is 22.6 Å². The van der Waals surface area contributed by atoms with E-state index in [0.717, 1.165) is 16.4 Å². The fraction of sp³-hybridized carbons (Fsp3) is 0.600. The molecule has 2 aromatic rings. The van der Waals surface area contributed by atoms with Gasteiger partial charge in [-0.05, 0) is 51.7 Å². The van der Waals surface area contributed by atoms with Crippen LogP contribution < -0.4 is 0 Å². The minimum atomic E-state index is -0.597. The van der Waals surface area contributed by atoms with Crippen LogP contribution in [0.5, 0.6) is 0 Å². The van der Waals surface area contributed by atoms with E-state index in [0.29, 0.717) is 32.8 Å². The molecule has 2 fully saturated rings. The van der Waals surface area contributed by atoms with Gasteiger partial charge in [0.25, 0.3) is 0 Å².